The highest BCUT2D eigenvalue weighted by Crippen LogP contribution is 2.28. The van der Waals surface area contributed by atoms with Gasteiger partial charge in [-0.2, -0.15) is 4.31 Å². The Morgan fingerprint density at radius 1 is 1.19 bits per heavy atom. The molecular formula is C17H26ClN3O5S. The first-order valence-electron chi connectivity index (χ1n) is 8.68. The molecule has 2 saturated heterocycles. The van der Waals surface area contributed by atoms with E-state index in [2.05, 4.69) is 10.2 Å². The highest BCUT2D eigenvalue weighted by atomic mass is 35.5. The van der Waals surface area contributed by atoms with Crippen molar-refractivity contribution in [2.75, 3.05) is 53.5 Å². The smallest absolute Gasteiger partial charge is 0.341 e. The summed E-state index contributed by atoms with van der Waals surface area (Å²) in [5.41, 5.74) is 0.203. The third-order valence-corrected chi connectivity index (χ3v) is 6.87. The Balaban J connectivity index is 0.00000261. The Kier molecular flexibility index (Phi) is 7.47. The molecule has 1 unspecified atom stereocenters. The van der Waals surface area contributed by atoms with Gasteiger partial charge in [0, 0.05) is 51.4 Å². The van der Waals surface area contributed by atoms with Crippen LogP contribution in [0.2, 0.25) is 0 Å². The number of ether oxygens (including phenoxy) is 2. The lowest BCUT2D eigenvalue weighted by molar-refractivity contribution is 0.0597. The van der Waals surface area contributed by atoms with Crippen LogP contribution >= 0.6 is 12.4 Å². The highest BCUT2D eigenvalue weighted by molar-refractivity contribution is 7.89. The first-order chi connectivity index (χ1) is 12.5. The summed E-state index contributed by atoms with van der Waals surface area (Å²) in [6.07, 6.45) is 0.830. The number of carbonyl (C=O) groups is 1. The Bertz CT molecular complexity index is 768. The second-order valence-electron chi connectivity index (χ2n) is 6.45. The fourth-order valence-electron chi connectivity index (χ4n) is 3.53. The Labute approximate surface area is 166 Å². The number of methoxy groups -OCH3 is 2. The molecule has 0 radical (unpaired) electrons. The van der Waals surface area contributed by atoms with E-state index in [1.807, 2.05) is 0 Å². The molecule has 10 heteroatoms. The molecule has 1 aromatic carbocycles. The zero-order valence-corrected chi connectivity index (χ0v) is 17.1. The first kappa shape index (κ1) is 21.9. The minimum absolute atomic E-state index is 0. The van der Waals surface area contributed by atoms with Crippen molar-refractivity contribution in [3.63, 3.8) is 0 Å². The maximum atomic E-state index is 13.0. The van der Waals surface area contributed by atoms with Gasteiger partial charge >= 0.3 is 5.97 Å². The molecule has 0 bridgehead atoms. The Morgan fingerprint density at radius 2 is 1.89 bits per heavy atom. The third-order valence-electron chi connectivity index (χ3n) is 5.01. The lowest BCUT2D eigenvalue weighted by Crippen LogP contribution is -2.49. The van der Waals surface area contributed by atoms with Gasteiger partial charge in [0.2, 0.25) is 10.0 Å². The van der Waals surface area contributed by atoms with Gasteiger partial charge in [-0.15, -0.1) is 12.4 Å². The number of hydrogen-bond donors (Lipinski definition) is 1. The van der Waals surface area contributed by atoms with Gasteiger partial charge in [0.1, 0.15) is 11.3 Å². The van der Waals surface area contributed by atoms with Gasteiger partial charge in [0.15, 0.2) is 0 Å². The topological polar surface area (TPSA) is 88.2 Å². The van der Waals surface area contributed by atoms with Gasteiger partial charge in [0.05, 0.1) is 19.1 Å². The van der Waals surface area contributed by atoms with Crippen LogP contribution in [0.15, 0.2) is 23.1 Å². The van der Waals surface area contributed by atoms with E-state index in [4.69, 9.17) is 9.47 Å². The lowest BCUT2D eigenvalue weighted by Gasteiger charge is -2.32. The molecule has 1 aromatic rings. The molecule has 0 amide bonds. The van der Waals surface area contributed by atoms with Gasteiger partial charge in [-0.25, -0.2) is 13.2 Å². The molecule has 2 aliphatic heterocycles. The average molecular weight is 420 g/mol. The molecule has 2 fully saturated rings. The molecule has 2 aliphatic rings. The number of hydrogen-bond acceptors (Lipinski definition) is 7. The molecule has 1 N–H and O–H groups in total. The van der Waals surface area contributed by atoms with Gasteiger partial charge in [-0.05, 0) is 18.6 Å². The summed E-state index contributed by atoms with van der Waals surface area (Å²) in [4.78, 5) is 14.2. The molecule has 2 heterocycles. The van der Waals surface area contributed by atoms with E-state index in [-0.39, 0.29) is 34.7 Å². The zero-order chi connectivity index (χ0) is 18.7. The van der Waals surface area contributed by atoms with Crippen LogP contribution in [0.3, 0.4) is 0 Å². The minimum atomic E-state index is -3.63. The number of sulfonamides is 1. The van der Waals surface area contributed by atoms with E-state index >= 15 is 0 Å². The van der Waals surface area contributed by atoms with Crippen LogP contribution in [0.5, 0.6) is 5.75 Å². The van der Waals surface area contributed by atoms with Crippen molar-refractivity contribution in [1.82, 2.24) is 14.5 Å². The van der Waals surface area contributed by atoms with Crippen molar-refractivity contribution in [2.24, 2.45) is 0 Å². The van der Waals surface area contributed by atoms with Crippen LogP contribution in [-0.4, -0.2) is 83.1 Å². The van der Waals surface area contributed by atoms with Crippen molar-refractivity contribution in [1.29, 1.82) is 0 Å². The van der Waals surface area contributed by atoms with Crippen molar-refractivity contribution >= 4 is 28.4 Å². The summed E-state index contributed by atoms with van der Waals surface area (Å²) in [5, 5.41) is 3.31. The lowest BCUT2D eigenvalue weighted by atomic mass is 10.2. The summed E-state index contributed by atoms with van der Waals surface area (Å²) >= 11 is 0. The zero-order valence-electron chi connectivity index (χ0n) is 15.5. The molecule has 8 nitrogen and oxygen atoms in total. The summed E-state index contributed by atoms with van der Waals surface area (Å²) < 4.78 is 37.4. The molecule has 0 spiro atoms. The number of rotatable bonds is 5. The number of piperazine rings is 1. The number of nitrogens with one attached hydrogen (secondary N) is 1. The van der Waals surface area contributed by atoms with E-state index in [9.17, 15) is 13.2 Å². The van der Waals surface area contributed by atoms with Gasteiger partial charge in [0.25, 0.3) is 0 Å². The number of nitrogens with zero attached hydrogens (tertiary/aromatic N) is 2. The third kappa shape index (κ3) is 4.55. The first-order valence-corrected chi connectivity index (χ1v) is 10.1. The van der Waals surface area contributed by atoms with E-state index in [0.717, 1.165) is 32.6 Å². The van der Waals surface area contributed by atoms with Crippen LogP contribution in [-0.2, 0) is 14.8 Å². The van der Waals surface area contributed by atoms with Crippen molar-refractivity contribution in [3.8, 4) is 5.75 Å². The van der Waals surface area contributed by atoms with E-state index in [1.165, 1.54) is 36.7 Å². The van der Waals surface area contributed by atoms with Gasteiger partial charge < -0.3 is 14.8 Å². The quantitative estimate of drug-likeness (QED) is 0.698. The number of carbonyl (C=O) groups excluding carboxylic acids is 1. The van der Waals surface area contributed by atoms with Crippen LogP contribution in [0, 0.1) is 0 Å². The van der Waals surface area contributed by atoms with E-state index in [0.29, 0.717) is 13.1 Å². The molecule has 3 rings (SSSR count). The summed E-state index contributed by atoms with van der Waals surface area (Å²) in [6, 6.07) is 4.51. The van der Waals surface area contributed by atoms with Crippen LogP contribution in [0.4, 0.5) is 0 Å². The van der Waals surface area contributed by atoms with Crippen LogP contribution < -0.4 is 10.1 Å². The maximum Gasteiger partial charge on any atom is 0.341 e. The SMILES string of the molecule is COC(=O)c1ccc(S(=O)(=O)N2CCC(N3CCNCC3)C2)cc1OC.Cl. The fraction of sp³-hybridized carbons (Fsp3) is 0.588. The molecule has 0 aliphatic carbocycles. The normalized spacial score (nSPS) is 21.5. The molecular weight excluding hydrogens is 394 g/mol. The highest BCUT2D eigenvalue weighted by Gasteiger charge is 2.36. The number of benzene rings is 1. The summed E-state index contributed by atoms with van der Waals surface area (Å²) in [6.45, 7) is 4.76. The predicted molar refractivity (Wildman–Crippen MR) is 103 cm³/mol. The van der Waals surface area contributed by atoms with E-state index in [1.54, 1.807) is 0 Å². The molecule has 0 saturated carbocycles. The maximum absolute atomic E-state index is 13.0. The standard InChI is InChI=1S/C17H25N3O5S.ClH/c1-24-16-11-14(3-4-15(16)17(21)25-2)26(22,23)20-8-5-13(12-20)19-9-6-18-7-10-19;/h3-4,11,13,18H,5-10,12H2,1-2H3;1H. The second-order valence-corrected chi connectivity index (χ2v) is 8.38. The van der Waals surface area contributed by atoms with Gasteiger partial charge in [-0.3, -0.25) is 4.90 Å². The molecule has 152 valence electrons. The van der Waals surface area contributed by atoms with E-state index < -0.39 is 16.0 Å². The summed E-state index contributed by atoms with van der Waals surface area (Å²) in [5.74, 6) is -0.374. The largest absolute Gasteiger partial charge is 0.496 e. The van der Waals surface area contributed by atoms with Crippen molar-refractivity contribution < 1.29 is 22.7 Å². The minimum Gasteiger partial charge on any atom is -0.496 e. The van der Waals surface area contributed by atoms with Gasteiger partial charge in [-0.1, -0.05) is 0 Å². The molecule has 27 heavy (non-hydrogen) atoms. The molecule has 0 aromatic heterocycles. The fourth-order valence-corrected chi connectivity index (χ4v) is 5.04. The summed E-state index contributed by atoms with van der Waals surface area (Å²) in [7, 11) is -0.965. The van der Waals surface area contributed by atoms with Crippen molar-refractivity contribution in [2.45, 2.75) is 17.4 Å². The second kappa shape index (κ2) is 9.20. The number of esters is 1. The van der Waals surface area contributed by atoms with Crippen LogP contribution in [0.25, 0.3) is 0 Å². The Morgan fingerprint density at radius 3 is 2.52 bits per heavy atom. The molecule has 1 atom stereocenters. The van der Waals surface area contributed by atoms with Crippen LogP contribution in [0.1, 0.15) is 16.8 Å². The monoisotopic (exact) mass is 419 g/mol. The number of halogens is 1. The van der Waals surface area contributed by atoms with Crippen molar-refractivity contribution in [3.05, 3.63) is 23.8 Å². The Hall–Kier alpha value is -1.39. The predicted octanol–water partition coefficient (Wildman–Crippen LogP) is 0.572. The average Bonchev–Trinajstić information content (AvgIpc) is 3.18.